The fourth-order valence-corrected chi connectivity index (χ4v) is 3.70. The second-order valence-electron chi connectivity index (χ2n) is 7.48. The Balaban J connectivity index is 1.31. The van der Waals surface area contributed by atoms with Crippen LogP contribution < -0.4 is 5.32 Å². The summed E-state index contributed by atoms with van der Waals surface area (Å²) in [5.41, 5.74) is 0.753. The van der Waals surface area contributed by atoms with Gasteiger partial charge in [-0.25, -0.2) is 4.39 Å². The Morgan fingerprint density at radius 2 is 1.97 bits per heavy atom. The highest BCUT2D eigenvalue weighted by molar-refractivity contribution is 6.33. The van der Waals surface area contributed by atoms with Gasteiger partial charge in [-0.1, -0.05) is 16.8 Å². The van der Waals surface area contributed by atoms with Gasteiger partial charge in [-0.3, -0.25) is 19.8 Å². The van der Waals surface area contributed by atoms with E-state index in [0.29, 0.717) is 49.8 Å². The third kappa shape index (κ3) is 5.09. The summed E-state index contributed by atoms with van der Waals surface area (Å²) in [6, 6.07) is 9.77. The first kappa shape index (κ1) is 21.8. The molecule has 1 aliphatic heterocycles. The Hall–Kier alpha value is -3.37. The number of halogens is 2. The van der Waals surface area contributed by atoms with Crippen molar-refractivity contribution >= 4 is 28.9 Å². The number of benzene rings is 2. The van der Waals surface area contributed by atoms with Gasteiger partial charge in [0.05, 0.1) is 22.2 Å². The Kier molecular flexibility index (Phi) is 6.42. The Morgan fingerprint density at radius 3 is 2.66 bits per heavy atom. The van der Waals surface area contributed by atoms with Crippen LogP contribution in [0.5, 0.6) is 0 Å². The Morgan fingerprint density at radius 1 is 1.25 bits per heavy atom. The second-order valence-corrected chi connectivity index (χ2v) is 7.89. The standard InChI is InChI=1S/C21H19ClFN5O4/c22-17-6-5-16(28(30)31)11-18(17)24-21(29)14-7-9-27(10-8-14)12-19-25-20(26-32-19)13-1-3-15(23)4-2-13/h1-6,11,14H,7-10,12H2,(H,24,29). The summed E-state index contributed by atoms with van der Waals surface area (Å²) in [6.07, 6.45) is 1.22. The van der Waals surface area contributed by atoms with Crippen LogP contribution in [0, 0.1) is 21.8 Å². The van der Waals surface area contributed by atoms with E-state index >= 15 is 0 Å². The number of piperidine rings is 1. The number of nitrogens with one attached hydrogen (secondary N) is 1. The van der Waals surface area contributed by atoms with Crippen LogP contribution in [0.3, 0.4) is 0 Å². The van der Waals surface area contributed by atoms with Gasteiger partial charge < -0.3 is 9.84 Å². The second kappa shape index (κ2) is 9.41. The van der Waals surface area contributed by atoms with Gasteiger partial charge in [0.25, 0.3) is 5.69 Å². The zero-order valence-electron chi connectivity index (χ0n) is 16.8. The number of nitro groups is 1. The quantitative estimate of drug-likeness (QED) is 0.432. The van der Waals surface area contributed by atoms with Crippen LogP contribution >= 0.6 is 11.6 Å². The molecule has 1 amide bonds. The highest BCUT2D eigenvalue weighted by Crippen LogP contribution is 2.28. The molecule has 11 heteroatoms. The molecule has 166 valence electrons. The monoisotopic (exact) mass is 459 g/mol. The van der Waals surface area contributed by atoms with Crippen molar-refractivity contribution in [3.63, 3.8) is 0 Å². The average Bonchev–Trinajstić information content (AvgIpc) is 3.24. The topological polar surface area (TPSA) is 114 Å². The molecule has 0 spiro atoms. The van der Waals surface area contributed by atoms with Crippen LogP contribution in [0.15, 0.2) is 47.0 Å². The van der Waals surface area contributed by atoms with Crippen molar-refractivity contribution in [3.8, 4) is 11.4 Å². The molecule has 4 rings (SSSR count). The number of anilines is 1. The first-order valence-corrected chi connectivity index (χ1v) is 10.3. The van der Waals surface area contributed by atoms with Crippen molar-refractivity contribution < 1.29 is 18.6 Å². The smallest absolute Gasteiger partial charge is 0.271 e. The Bertz CT molecular complexity index is 1130. The molecular weight excluding hydrogens is 441 g/mol. The van der Waals surface area contributed by atoms with Crippen molar-refractivity contribution in [2.45, 2.75) is 19.4 Å². The summed E-state index contributed by atoms with van der Waals surface area (Å²) in [4.78, 5) is 29.5. The lowest BCUT2D eigenvalue weighted by Gasteiger charge is -2.30. The molecule has 0 radical (unpaired) electrons. The SMILES string of the molecule is O=C(Nc1cc([N+](=O)[O-])ccc1Cl)C1CCN(Cc2nc(-c3ccc(F)cc3)no2)CC1. The predicted molar refractivity (Wildman–Crippen MR) is 114 cm³/mol. The number of non-ortho nitro benzene ring substituents is 1. The summed E-state index contributed by atoms with van der Waals surface area (Å²) in [7, 11) is 0. The normalized spacial score (nSPS) is 14.9. The molecule has 1 aromatic heterocycles. The maximum absolute atomic E-state index is 13.1. The largest absolute Gasteiger partial charge is 0.338 e. The highest BCUT2D eigenvalue weighted by Gasteiger charge is 2.27. The van der Waals surface area contributed by atoms with Gasteiger partial charge in [0, 0.05) is 23.6 Å². The lowest BCUT2D eigenvalue weighted by molar-refractivity contribution is -0.384. The van der Waals surface area contributed by atoms with Gasteiger partial charge >= 0.3 is 0 Å². The Labute approximate surface area is 187 Å². The van der Waals surface area contributed by atoms with E-state index in [1.165, 1.54) is 30.3 Å². The van der Waals surface area contributed by atoms with Crippen molar-refractivity contribution in [1.82, 2.24) is 15.0 Å². The molecule has 2 aromatic carbocycles. The predicted octanol–water partition coefficient (Wildman–Crippen LogP) is 4.29. The first-order chi connectivity index (χ1) is 15.4. The van der Waals surface area contributed by atoms with Crippen LogP contribution in [-0.2, 0) is 11.3 Å². The van der Waals surface area contributed by atoms with Crippen LogP contribution in [0.4, 0.5) is 15.8 Å². The summed E-state index contributed by atoms with van der Waals surface area (Å²) in [6.45, 7) is 1.74. The molecule has 0 aliphatic carbocycles. The lowest BCUT2D eigenvalue weighted by atomic mass is 9.96. The van der Waals surface area contributed by atoms with Crippen molar-refractivity contribution in [2.24, 2.45) is 5.92 Å². The maximum atomic E-state index is 13.1. The third-order valence-corrected chi connectivity index (χ3v) is 5.64. The minimum absolute atomic E-state index is 0.140. The molecule has 1 N–H and O–H groups in total. The van der Waals surface area contributed by atoms with E-state index in [-0.39, 0.29) is 34.0 Å². The molecule has 0 atom stereocenters. The molecule has 2 heterocycles. The number of rotatable bonds is 6. The van der Waals surface area contributed by atoms with Crippen LogP contribution in [0.2, 0.25) is 5.02 Å². The average molecular weight is 460 g/mol. The van der Waals surface area contributed by atoms with Crippen molar-refractivity contribution in [1.29, 1.82) is 0 Å². The highest BCUT2D eigenvalue weighted by atomic mass is 35.5. The van der Waals surface area contributed by atoms with Gasteiger partial charge in [0.15, 0.2) is 0 Å². The number of nitro benzene ring substituents is 1. The van der Waals surface area contributed by atoms with Gasteiger partial charge in [-0.05, 0) is 56.3 Å². The van der Waals surface area contributed by atoms with Crippen LogP contribution in [0.25, 0.3) is 11.4 Å². The molecular formula is C21H19ClFN5O4. The maximum Gasteiger partial charge on any atom is 0.271 e. The number of likely N-dealkylation sites (tertiary alicyclic amines) is 1. The van der Waals surface area contributed by atoms with Gasteiger partial charge in [0.1, 0.15) is 5.82 Å². The first-order valence-electron chi connectivity index (χ1n) is 9.95. The number of aromatic nitrogens is 2. The minimum Gasteiger partial charge on any atom is -0.338 e. The molecule has 0 unspecified atom stereocenters. The van der Waals surface area contributed by atoms with Crippen LogP contribution in [0.1, 0.15) is 18.7 Å². The summed E-state index contributed by atoms with van der Waals surface area (Å²) in [5, 5.41) is 17.8. The fraction of sp³-hybridized carbons (Fsp3) is 0.286. The molecule has 0 saturated carbocycles. The molecule has 9 nitrogen and oxygen atoms in total. The summed E-state index contributed by atoms with van der Waals surface area (Å²) < 4.78 is 18.4. The van der Waals surface area contributed by atoms with Gasteiger partial charge in [0.2, 0.25) is 17.6 Å². The zero-order valence-corrected chi connectivity index (χ0v) is 17.6. The van der Waals surface area contributed by atoms with E-state index in [1.807, 2.05) is 0 Å². The number of amides is 1. The summed E-state index contributed by atoms with van der Waals surface area (Å²) >= 11 is 6.06. The molecule has 1 saturated heterocycles. The van der Waals surface area contributed by atoms with E-state index in [4.69, 9.17) is 16.1 Å². The van der Waals surface area contributed by atoms with E-state index in [9.17, 15) is 19.3 Å². The van der Waals surface area contributed by atoms with E-state index in [2.05, 4.69) is 20.4 Å². The fourth-order valence-electron chi connectivity index (χ4n) is 3.54. The molecule has 1 fully saturated rings. The number of hydrogen-bond donors (Lipinski definition) is 1. The molecule has 0 bridgehead atoms. The summed E-state index contributed by atoms with van der Waals surface area (Å²) in [5.74, 6) is 0.0401. The third-order valence-electron chi connectivity index (χ3n) is 5.31. The number of carbonyl (C=O) groups excluding carboxylic acids is 1. The van der Waals surface area contributed by atoms with E-state index in [0.717, 1.165) is 0 Å². The number of hydrogen-bond acceptors (Lipinski definition) is 7. The number of carbonyl (C=O) groups is 1. The zero-order chi connectivity index (χ0) is 22.7. The minimum atomic E-state index is -0.538. The van der Waals surface area contributed by atoms with E-state index in [1.54, 1.807) is 12.1 Å². The van der Waals surface area contributed by atoms with Crippen molar-refractivity contribution in [3.05, 3.63) is 69.3 Å². The molecule has 3 aromatic rings. The van der Waals surface area contributed by atoms with Crippen molar-refractivity contribution in [2.75, 3.05) is 18.4 Å². The van der Waals surface area contributed by atoms with E-state index < -0.39 is 4.92 Å². The molecule has 1 aliphatic rings. The van der Waals surface area contributed by atoms with Gasteiger partial charge in [-0.2, -0.15) is 4.98 Å². The lowest BCUT2D eigenvalue weighted by Crippen LogP contribution is -2.37. The van der Waals surface area contributed by atoms with Gasteiger partial charge in [-0.15, -0.1) is 0 Å². The number of nitrogens with zero attached hydrogens (tertiary/aromatic N) is 4. The van der Waals surface area contributed by atoms with Crippen LogP contribution in [-0.4, -0.2) is 39.0 Å². The molecule has 32 heavy (non-hydrogen) atoms.